The zero-order chi connectivity index (χ0) is 10.5. The number of rotatable bonds is 5. The Bertz CT molecular complexity index is 166. The summed E-state index contributed by atoms with van der Waals surface area (Å²) in [6.45, 7) is 7.41. The van der Waals surface area contributed by atoms with Gasteiger partial charge in [-0.05, 0) is 18.4 Å². The van der Waals surface area contributed by atoms with E-state index in [1.165, 1.54) is 0 Å². The zero-order valence-electron chi connectivity index (χ0n) is 9.40. The molecule has 1 amide bonds. The van der Waals surface area contributed by atoms with E-state index in [2.05, 4.69) is 31.4 Å². The predicted octanol–water partition coefficient (Wildman–Crippen LogP) is 1.00. The van der Waals surface area contributed by atoms with Gasteiger partial charge in [0.25, 0.3) is 0 Å². The summed E-state index contributed by atoms with van der Waals surface area (Å²) in [7, 11) is 3.62. The molecule has 3 heteroatoms. The summed E-state index contributed by atoms with van der Waals surface area (Å²) >= 11 is 0. The van der Waals surface area contributed by atoms with E-state index in [0.29, 0.717) is 12.3 Å². The lowest BCUT2D eigenvalue weighted by Gasteiger charge is -2.31. The standard InChI is InChI=1S/C10H22N2O/c1-8(6-9(13)12-5)10(2,3)7-11-4/h8,11H,6-7H2,1-5H3,(H,12,13). The van der Waals surface area contributed by atoms with Gasteiger partial charge in [0.2, 0.25) is 5.91 Å². The van der Waals surface area contributed by atoms with Crippen LogP contribution in [0.2, 0.25) is 0 Å². The fraction of sp³-hybridized carbons (Fsp3) is 0.900. The predicted molar refractivity (Wildman–Crippen MR) is 55.6 cm³/mol. The van der Waals surface area contributed by atoms with Crippen LogP contribution in [0.25, 0.3) is 0 Å². The normalized spacial score (nSPS) is 13.9. The van der Waals surface area contributed by atoms with Gasteiger partial charge >= 0.3 is 0 Å². The van der Waals surface area contributed by atoms with Gasteiger partial charge in [-0.15, -0.1) is 0 Å². The van der Waals surface area contributed by atoms with Crippen LogP contribution < -0.4 is 10.6 Å². The lowest BCUT2D eigenvalue weighted by molar-refractivity contribution is -0.122. The average molecular weight is 186 g/mol. The Labute approximate surface area is 81.3 Å². The molecule has 0 aromatic carbocycles. The summed E-state index contributed by atoms with van der Waals surface area (Å²) < 4.78 is 0. The van der Waals surface area contributed by atoms with Crippen LogP contribution in [0.15, 0.2) is 0 Å². The summed E-state index contributed by atoms with van der Waals surface area (Å²) in [6.07, 6.45) is 0.602. The van der Waals surface area contributed by atoms with Gasteiger partial charge < -0.3 is 10.6 Å². The van der Waals surface area contributed by atoms with Crippen LogP contribution in [-0.2, 0) is 4.79 Å². The summed E-state index contributed by atoms with van der Waals surface area (Å²) in [5.74, 6) is 0.511. The van der Waals surface area contributed by atoms with Gasteiger partial charge in [-0.1, -0.05) is 20.8 Å². The molecule has 0 aliphatic heterocycles. The third-order valence-electron chi connectivity index (χ3n) is 2.74. The van der Waals surface area contributed by atoms with E-state index >= 15 is 0 Å². The van der Waals surface area contributed by atoms with E-state index in [-0.39, 0.29) is 11.3 Å². The van der Waals surface area contributed by atoms with Crippen molar-refractivity contribution < 1.29 is 4.79 Å². The molecule has 78 valence electrons. The minimum atomic E-state index is 0.122. The maximum atomic E-state index is 11.1. The van der Waals surface area contributed by atoms with Gasteiger partial charge in [-0.2, -0.15) is 0 Å². The van der Waals surface area contributed by atoms with Gasteiger partial charge in [0, 0.05) is 20.0 Å². The Balaban J connectivity index is 4.07. The molecule has 0 spiro atoms. The van der Waals surface area contributed by atoms with Crippen molar-refractivity contribution in [3.8, 4) is 0 Å². The van der Waals surface area contributed by atoms with Gasteiger partial charge in [-0.3, -0.25) is 4.79 Å². The van der Waals surface area contributed by atoms with Crippen molar-refractivity contribution in [1.82, 2.24) is 10.6 Å². The zero-order valence-corrected chi connectivity index (χ0v) is 9.40. The number of amides is 1. The molecule has 0 saturated carbocycles. The summed E-state index contributed by atoms with van der Waals surface area (Å²) in [6, 6.07) is 0. The molecular weight excluding hydrogens is 164 g/mol. The number of carbonyl (C=O) groups is 1. The van der Waals surface area contributed by atoms with E-state index < -0.39 is 0 Å². The van der Waals surface area contributed by atoms with Crippen molar-refractivity contribution in [2.24, 2.45) is 11.3 Å². The maximum absolute atomic E-state index is 11.1. The third kappa shape index (κ3) is 4.27. The molecule has 0 radical (unpaired) electrons. The minimum absolute atomic E-state index is 0.122. The SMILES string of the molecule is CNCC(C)(C)C(C)CC(=O)NC. The average Bonchev–Trinajstić information content (AvgIpc) is 2.04. The Kier molecular flexibility index (Phi) is 4.99. The van der Waals surface area contributed by atoms with E-state index in [4.69, 9.17) is 0 Å². The van der Waals surface area contributed by atoms with Crippen molar-refractivity contribution in [3.05, 3.63) is 0 Å². The van der Waals surface area contributed by atoms with Crippen molar-refractivity contribution >= 4 is 5.91 Å². The molecule has 0 aliphatic carbocycles. The number of hydrogen-bond donors (Lipinski definition) is 2. The lowest BCUT2D eigenvalue weighted by Crippen LogP contribution is -2.35. The summed E-state index contributed by atoms with van der Waals surface area (Å²) in [4.78, 5) is 11.1. The van der Waals surface area contributed by atoms with Crippen LogP contribution in [0.5, 0.6) is 0 Å². The summed E-state index contributed by atoms with van der Waals surface area (Å²) in [5, 5.41) is 5.80. The lowest BCUT2D eigenvalue weighted by atomic mass is 9.78. The van der Waals surface area contributed by atoms with Crippen LogP contribution >= 0.6 is 0 Å². The molecule has 1 atom stereocenters. The van der Waals surface area contributed by atoms with E-state index in [1.54, 1.807) is 7.05 Å². The molecule has 13 heavy (non-hydrogen) atoms. The van der Waals surface area contributed by atoms with Gasteiger partial charge in [0.15, 0.2) is 0 Å². The summed E-state index contributed by atoms with van der Waals surface area (Å²) in [5.41, 5.74) is 0.168. The molecule has 0 bridgehead atoms. The molecule has 0 heterocycles. The molecule has 0 rings (SSSR count). The molecular formula is C10H22N2O. The van der Waals surface area contributed by atoms with E-state index in [0.717, 1.165) is 6.54 Å². The maximum Gasteiger partial charge on any atom is 0.220 e. The Morgan fingerprint density at radius 3 is 2.31 bits per heavy atom. The van der Waals surface area contributed by atoms with E-state index in [9.17, 15) is 4.79 Å². The fourth-order valence-corrected chi connectivity index (χ4v) is 1.29. The highest BCUT2D eigenvalue weighted by Crippen LogP contribution is 2.27. The highest BCUT2D eigenvalue weighted by molar-refractivity contribution is 5.75. The van der Waals surface area contributed by atoms with Gasteiger partial charge in [0.1, 0.15) is 0 Å². The molecule has 0 aromatic heterocycles. The molecule has 3 nitrogen and oxygen atoms in total. The Morgan fingerprint density at radius 1 is 1.38 bits per heavy atom. The first-order valence-corrected chi connectivity index (χ1v) is 4.79. The molecule has 0 fully saturated rings. The molecule has 0 saturated heterocycles. The van der Waals surface area contributed by atoms with Crippen LogP contribution in [0, 0.1) is 11.3 Å². The highest BCUT2D eigenvalue weighted by atomic mass is 16.1. The van der Waals surface area contributed by atoms with Crippen LogP contribution in [0.1, 0.15) is 27.2 Å². The van der Waals surface area contributed by atoms with E-state index in [1.807, 2.05) is 7.05 Å². The second kappa shape index (κ2) is 5.22. The van der Waals surface area contributed by atoms with Crippen molar-refractivity contribution in [3.63, 3.8) is 0 Å². The minimum Gasteiger partial charge on any atom is -0.359 e. The van der Waals surface area contributed by atoms with Crippen LogP contribution in [0.4, 0.5) is 0 Å². The first kappa shape index (κ1) is 12.4. The topological polar surface area (TPSA) is 41.1 Å². The molecule has 1 unspecified atom stereocenters. The quantitative estimate of drug-likeness (QED) is 0.672. The van der Waals surface area contributed by atoms with Crippen molar-refractivity contribution in [2.45, 2.75) is 27.2 Å². The molecule has 2 N–H and O–H groups in total. The second-order valence-electron chi connectivity index (χ2n) is 4.30. The number of nitrogens with one attached hydrogen (secondary N) is 2. The monoisotopic (exact) mass is 186 g/mol. The van der Waals surface area contributed by atoms with Crippen LogP contribution in [0.3, 0.4) is 0 Å². The largest absolute Gasteiger partial charge is 0.359 e. The Morgan fingerprint density at radius 2 is 1.92 bits per heavy atom. The van der Waals surface area contributed by atoms with Crippen LogP contribution in [-0.4, -0.2) is 26.5 Å². The molecule has 0 aliphatic rings. The van der Waals surface area contributed by atoms with Crippen molar-refractivity contribution in [1.29, 1.82) is 0 Å². The number of carbonyl (C=O) groups excluding carboxylic acids is 1. The highest BCUT2D eigenvalue weighted by Gasteiger charge is 2.26. The Hall–Kier alpha value is -0.570. The molecule has 0 aromatic rings. The van der Waals surface area contributed by atoms with Gasteiger partial charge in [0.05, 0.1) is 0 Å². The first-order chi connectivity index (χ1) is 5.94. The fourth-order valence-electron chi connectivity index (χ4n) is 1.29. The third-order valence-corrected chi connectivity index (χ3v) is 2.74. The van der Waals surface area contributed by atoms with Gasteiger partial charge in [-0.25, -0.2) is 0 Å². The number of hydrogen-bond acceptors (Lipinski definition) is 2. The second-order valence-corrected chi connectivity index (χ2v) is 4.30. The smallest absolute Gasteiger partial charge is 0.220 e. The van der Waals surface area contributed by atoms with Crippen molar-refractivity contribution in [2.75, 3.05) is 20.6 Å². The first-order valence-electron chi connectivity index (χ1n) is 4.79.